The largest absolute Gasteiger partial charge is 0.460 e. The third-order valence-electron chi connectivity index (χ3n) is 4.58. The molecule has 0 fully saturated rings. The van der Waals surface area contributed by atoms with Gasteiger partial charge in [0.25, 0.3) is 0 Å². The van der Waals surface area contributed by atoms with Crippen LogP contribution < -0.4 is 0 Å². The summed E-state index contributed by atoms with van der Waals surface area (Å²) in [5.41, 5.74) is 3.83. The molecule has 2 unspecified atom stereocenters. The van der Waals surface area contributed by atoms with Gasteiger partial charge < -0.3 is 9.30 Å². The molecule has 3 rings (SSSR count). The van der Waals surface area contributed by atoms with Crippen LogP contribution in [0.25, 0.3) is 0 Å². The van der Waals surface area contributed by atoms with E-state index in [2.05, 4.69) is 0 Å². The molecule has 0 N–H and O–H groups in total. The molecule has 0 aliphatic heterocycles. The molecule has 0 bridgehead atoms. The minimum atomic E-state index is -0.977. The third-order valence-corrected chi connectivity index (χ3v) is 4.58. The molecule has 0 heterocycles. The molecule has 0 amide bonds. The number of hydrogen-bond acceptors (Lipinski definition) is 4. The maximum Gasteiger partial charge on any atom is 0.321 e. The molecule has 150 valence electrons. The second kappa shape index (κ2) is 11.1. The van der Waals surface area contributed by atoms with Crippen molar-refractivity contribution in [3.8, 4) is 0 Å². The Morgan fingerprint density at radius 1 is 0.793 bits per heavy atom. The van der Waals surface area contributed by atoms with Crippen LogP contribution in [0, 0.1) is 13.8 Å². The van der Waals surface area contributed by atoms with E-state index in [4.69, 9.17) is 9.30 Å². The minimum absolute atomic E-state index is 0.142. The van der Waals surface area contributed by atoms with Crippen molar-refractivity contribution >= 4 is 20.9 Å². The first-order chi connectivity index (χ1) is 14.1. The Hall–Kier alpha value is -2.97. The van der Waals surface area contributed by atoms with Gasteiger partial charge >= 0.3 is 5.97 Å². The first-order valence-electron chi connectivity index (χ1n) is 9.22. The number of rotatable bonds is 6. The zero-order valence-electron chi connectivity index (χ0n) is 16.6. The van der Waals surface area contributed by atoms with Crippen LogP contribution in [0.1, 0.15) is 38.5 Å². The Kier molecular flexibility index (Phi) is 8.57. The van der Waals surface area contributed by atoms with Crippen molar-refractivity contribution in [3.63, 3.8) is 0 Å². The lowest BCUT2D eigenvalue weighted by Crippen LogP contribution is -2.25. The molecular weight excluding hydrogens is 383 g/mol. The van der Waals surface area contributed by atoms with Crippen molar-refractivity contribution in [2.45, 2.75) is 26.4 Å². The summed E-state index contributed by atoms with van der Waals surface area (Å²) in [5, 5.41) is 0. The van der Waals surface area contributed by atoms with Crippen molar-refractivity contribution < 1.29 is 18.9 Å². The van der Waals surface area contributed by atoms with Crippen LogP contribution in [0.3, 0.4) is 0 Å². The van der Waals surface area contributed by atoms with Gasteiger partial charge in [0.05, 0.1) is 9.12 Å². The molecule has 5 heteroatoms. The summed E-state index contributed by atoms with van der Waals surface area (Å²) >= 11 is 0. The number of benzene rings is 3. The lowest BCUT2D eigenvalue weighted by molar-refractivity contribution is -0.145. The molecule has 3 aromatic rings. The Morgan fingerprint density at radius 2 is 1.31 bits per heavy atom. The molecule has 0 saturated carbocycles. The van der Waals surface area contributed by atoms with Crippen molar-refractivity contribution in [2.24, 2.45) is 0 Å². The van der Waals surface area contributed by atoms with Crippen molar-refractivity contribution in [1.29, 1.82) is 0 Å². The van der Waals surface area contributed by atoms with Crippen LogP contribution in [0.5, 0.6) is 0 Å². The maximum absolute atomic E-state index is 13.3. The number of carbonyl (C=O) groups excluding carboxylic acids is 2. The lowest BCUT2D eigenvalue weighted by Gasteiger charge is -2.18. The van der Waals surface area contributed by atoms with E-state index >= 15 is 0 Å². The second-order valence-corrected chi connectivity index (χ2v) is 6.57. The molecule has 0 radical (unpaired) electrons. The monoisotopic (exact) mass is 408 g/mol. The van der Waals surface area contributed by atoms with Crippen LogP contribution in [0.2, 0.25) is 0 Å². The van der Waals surface area contributed by atoms with Gasteiger partial charge in [-0.3, -0.25) is 9.59 Å². The fourth-order valence-corrected chi connectivity index (χ4v) is 3.20. The van der Waals surface area contributed by atoms with E-state index in [1.54, 1.807) is 12.1 Å². The highest BCUT2D eigenvalue weighted by atomic mass is 31.0. The Balaban J connectivity index is 0.00000145. The van der Waals surface area contributed by atoms with Crippen LogP contribution in [0.4, 0.5) is 0 Å². The molecule has 0 aromatic heterocycles. The summed E-state index contributed by atoms with van der Waals surface area (Å²) in [6, 6.07) is 24.2. The number of ether oxygens (including phenoxy) is 1. The Labute approximate surface area is 173 Å². The van der Waals surface area contributed by atoms with Gasteiger partial charge in [-0.2, -0.15) is 0 Å². The molecule has 29 heavy (non-hydrogen) atoms. The first kappa shape index (κ1) is 22.3. The van der Waals surface area contributed by atoms with Crippen LogP contribution in [0.15, 0.2) is 78.9 Å². The highest BCUT2D eigenvalue weighted by Crippen LogP contribution is 2.26. The quantitative estimate of drug-likeness (QED) is 0.251. The molecule has 0 aliphatic rings. The maximum atomic E-state index is 13.3. The number of carbonyl (C=O) groups is 2. The summed E-state index contributed by atoms with van der Waals surface area (Å²) in [7, 11) is 0.611. The zero-order chi connectivity index (χ0) is 21.2. The van der Waals surface area contributed by atoms with E-state index in [1.165, 1.54) is 0 Å². The molecule has 4 nitrogen and oxygen atoms in total. The smallest absolute Gasteiger partial charge is 0.321 e. The molecular formula is C24H25O4P. The number of Topliss-reactive ketones (excluding diaryl/α,β-unsaturated/α-hetero) is 1. The summed E-state index contributed by atoms with van der Waals surface area (Å²) in [5.74, 6) is -1.73. The topological polar surface area (TPSA) is 60.4 Å². The summed E-state index contributed by atoms with van der Waals surface area (Å²) in [6.45, 7) is 3.91. The average molecular weight is 408 g/mol. The Bertz CT molecular complexity index is 935. The van der Waals surface area contributed by atoms with Gasteiger partial charge in [0, 0.05) is 5.56 Å². The highest BCUT2D eigenvalue weighted by molar-refractivity contribution is 7.00. The van der Waals surface area contributed by atoms with E-state index in [1.807, 2.05) is 80.6 Å². The van der Waals surface area contributed by atoms with E-state index in [9.17, 15) is 9.59 Å². The fraction of sp³-hybridized carbons (Fsp3) is 0.167. The number of aryl methyl sites for hydroxylation is 2. The van der Waals surface area contributed by atoms with E-state index < -0.39 is 11.9 Å². The number of ketones is 1. The van der Waals surface area contributed by atoms with Crippen LogP contribution >= 0.6 is 9.12 Å². The SMILES string of the molecule is Cc1cccc(C)c1C(=O)C(C(=O)OCc1ccccc1)c1ccccc1.O=[PH3]. The normalized spacial score (nSPS) is 11.1. The summed E-state index contributed by atoms with van der Waals surface area (Å²) in [4.78, 5) is 26.3. The lowest BCUT2D eigenvalue weighted by atomic mass is 9.87. The highest BCUT2D eigenvalue weighted by Gasteiger charge is 2.32. The fourth-order valence-electron chi connectivity index (χ4n) is 3.20. The second-order valence-electron chi connectivity index (χ2n) is 6.57. The predicted molar refractivity (Wildman–Crippen MR) is 117 cm³/mol. The standard InChI is InChI=1S/C24H22O3.H3OP/c1-17-10-9-11-18(2)21(17)23(25)22(20-14-7-4-8-15-20)24(26)27-16-19-12-5-3-6-13-19;1-2/h3-15,22H,16H2,1-2H3;2H3. The van der Waals surface area contributed by atoms with Gasteiger partial charge in [0.1, 0.15) is 12.5 Å². The van der Waals surface area contributed by atoms with Crippen molar-refractivity contribution in [3.05, 3.63) is 107 Å². The molecule has 0 aliphatic carbocycles. The van der Waals surface area contributed by atoms with E-state index in [0.717, 1.165) is 16.7 Å². The van der Waals surface area contributed by atoms with Gasteiger partial charge in [0.15, 0.2) is 5.78 Å². The minimum Gasteiger partial charge on any atom is -0.460 e. The zero-order valence-corrected chi connectivity index (χ0v) is 18.0. The molecule has 0 spiro atoms. The summed E-state index contributed by atoms with van der Waals surface area (Å²) in [6.07, 6.45) is 0. The summed E-state index contributed by atoms with van der Waals surface area (Å²) < 4.78 is 13.8. The molecule has 0 saturated heterocycles. The predicted octanol–water partition coefficient (Wildman–Crippen LogP) is 4.95. The third kappa shape index (κ3) is 5.75. The van der Waals surface area contributed by atoms with Crippen LogP contribution in [-0.2, 0) is 20.7 Å². The van der Waals surface area contributed by atoms with Gasteiger partial charge in [-0.1, -0.05) is 78.9 Å². The van der Waals surface area contributed by atoms with Gasteiger partial charge in [0.2, 0.25) is 0 Å². The van der Waals surface area contributed by atoms with Gasteiger partial charge in [-0.25, -0.2) is 0 Å². The Morgan fingerprint density at radius 3 is 1.86 bits per heavy atom. The van der Waals surface area contributed by atoms with Gasteiger partial charge in [-0.05, 0) is 36.1 Å². The first-order valence-corrected chi connectivity index (χ1v) is 9.80. The van der Waals surface area contributed by atoms with E-state index in [0.29, 0.717) is 20.2 Å². The van der Waals surface area contributed by atoms with Crippen molar-refractivity contribution in [2.75, 3.05) is 0 Å². The molecule has 3 aromatic carbocycles. The van der Waals surface area contributed by atoms with E-state index in [-0.39, 0.29) is 12.4 Å². The van der Waals surface area contributed by atoms with Crippen LogP contribution in [-0.4, -0.2) is 11.8 Å². The van der Waals surface area contributed by atoms with Crippen molar-refractivity contribution in [1.82, 2.24) is 0 Å². The number of esters is 1. The average Bonchev–Trinajstić information content (AvgIpc) is 2.75. The molecule has 2 atom stereocenters. The van der Waals surface area contributed by atoms with Gasteiger partial charge in [-0.15, -0.1) is 0 Å². The number of hydrogen-bond donors (Lipinski definition) is 0.